The molecule has 1 fully saturated rings. The first-order chi connectivity index (χ1) is 9.02. The minimum absolute atomic E-state index is 0.291. The number of hydrogen-bond donors (Lipinski definition) is 1. The first-order valence-corrected chi connectivity index (χ1v) is 7.57. The molecule has 2 unspecified atom stereocenters. The maximum absolute atomic E-state index is 3.69. The largest absolute Gasteiger partial charge is 0.309 e. The molecule has 1 aliphatic rings. The minimum Gasteiger partial charge on any atom is -0.309 e. The van der Waals surface area contributed by atoms with Gasteiger partial charge in [0, 0.05) is 31.2 Å². The molecule has 2 heteroatoms. The second kappa shape index (κ2) is 6.06. The van der Waals surface area contributed by atoms with Crippen molar-refractivity contribution in [2.24, 2.45) is 0 Å². The second-order valence-corrected chi connectivity index (χ2v) is 6.35. The van der Waals surface area contributed by atoms with Crippen LogP contribution in [0.25, 0.3) is 0 Å². The van der Waals surface area contributed by atoms with Crippen molar-refractivity contribution in [2.75, 3.05) is 19.6 Å². The van der Waals surface area contributed by atoms with Gasteiger partial charge in [0.05, 0.1) is 0 Å². The van der Waals surface area contributed by atoms with E-state index in [1.165, 1.54) is 24.1 Å². The highest BCUT2D eigenvalue weighted by Crippen LogP contribution is 2.19. The third-order valence-electron chi connectivity index (χ3n) is 4.55. The van der Waals surface area contributed by atoms with E-state index in [9.17, 15) is 0 Å². The van der Waals surface area contributed by atoms with Gasteiger partial charge in [0.2, 0.25) is 0 Å². The fourth-order valence-corrected chi connectivity index (χ4v) is 2.86. The lowest BCUT2D eigenvalue weighted by molar-refractivity contribution is 0.0944. The number of hydrogen-bond acceptors (Lipinski definition) is 2. The second-order valence-electron chi connectivity index (χ2n) is 6.35. The van der Waals surface area contributed by atoms with E-state index in [4.69, 9.17) is 0 Å². The molecule has 0 aliphatic carbocycles. The molecule has 2 rings (SSSR count). The summed E-state index contributed by atoms with van der Waals surface area (Å²) in [7, 11) is 0. The Morgan fingerprint density at radius 3 is 2.89 bits per heavy atom. The van der Waals surface area contributed by atoms with Gasteiger partial charge >= 0.3 is 0 Å². The fraction of sp³-hybridized carbons (Fsp3) is 0.647. The molecule has 0 bridgehead atoms. The van der Waals surface area contributed by atoms with Gasteiger partial charge < -0.3 is 5.32 Å². The lowest BCUT2D eigenvalue weighted by Crippen LogP contribution is -2.62. The molecule has 0 saturated carbocycles. The number of aryl methyl sites for hydroxylation is 1. The van der Waals surface area contributed by atoms with Crippen LogP contribution in [0.1, 0.15) is 38.3 Å². The van der Waals surface area contributed by atoms with Crippen LogP contribution in [0.3, 0.4) is 0 Å². The lowest BCUT2D eigenvalue weighted by Gasteiger charge is -2.45. The molecule has 1 aromatic carbocycles. The van der Waals surface area contributed by atoms with Crippen LogP contribution in [0.15, 0.2) is 24.3 Å². The molecule has 0 spiro atoms. The van der Waals surface area contributed by atoms with Crippen molar-refractivity contribution in [3.63, 3.8) is 0 Å². The fourth-order valence-electron chi connectivity index (χ4n) is 2.86. The molecule has 1 aliphatic heterocycles. The summed E-state index contributed by atoms with van der Waals surface area (Å²) in [6.45, 7) is 12.6. The van der Waals surface area contributed by atoms with Crippen LogP contribution >= 0.6 is 0 Å². The molecule has 0 amide bonds. The molecule has 1 saturated heterocycles. The number of benzene rings is 1. The van der Waals surface area contributed by atoms with Crippen molar-refractivity contribution in [3.05, 3.63) is 35.4 Å². The minimum atomic E-state index is 0.291. The number of nitrogens with zero attached hydrogens (tertiary/aromatic N) is 1. The van der Waals surface area contributed by atoms with Crippen molar-refractivity contribution >= 4 is 0 Å². The van der Waals surface area contributed by atoms with Crippen LogP contribution < -0.4 is 5.32 Å². The molecule has 0 aromatic heterocycles. The van der Waals surface area contributed by atoms with Crippen LogP contribution in [0.2, 0.25) is 0 Å². The predicted molar refractivity (Wildman–Crippen MR) is 82.6 cm³/mol. The molecule has 2 nitrogen and oxygen atoms in total. The highest BCUT2D eigenvalue weighted by Gasteiger charge is 2.31. The zero-order chi connectivity index (χ0) is 13.9. The smallest absolute Gasteiger partial charge is 0.0278 e. The van der Waals surface area contributed by atoms with Gasteiger partial charge in [0.25, 0.3) is 0 Å². The van der Waals surface area contributed by atoms with Gasteiger partial charge in [-0.3, -0.25) is 4.90 Å². The first kappa shape index (κ1) is 14.5. The van der Waals surface area contributed by atoms with Crippen molar-refractivity contribution in [1.29, 1.82) is 0 Å². The van der Waals surface area contributed by atoms with Crippen molar-refractivity contribution in [1.82, 2.24) is 10.2 Å². The standard InChI is InChI=1S/C17H28N2/c1-5-17(4)13-19(15(3)12-18-17)10-9-16-8-6-7-14(2)11-16/h6-8,11,15,18H,5,9-10,12-13H2,1-4H3. The molecular formula is C17H28N2. The van der Waals surface area contributed by atoms with Crippen molar-refractivity contribution in [2.45, 2.75) is 52.1 Å². The normalized spacial score (nSPS) is 28.5. The zero-order valence-corrected chi connectivity index (χ0v) is 12.9. The van der Waals surface area contributed by atoms with E-state index < -0.39 is 0 Å². The highest BCUT2D eigenvalue weighted by atomic mass is 15.2. The van der Waals surface area contributed by atoms with Crippen molar-refractivity contribution in [3.8, 4) is 0 Å². The zero-order valence-electron chi connectivity index (χ0n) is 12.9. The Hall–Kier alpha value is -0.860. The molecule has 1 N–H and O–H groups in total. The van der Waals surface area contributed by atoms with E-state index in [0.717, 1.165) is 19.5 Å². The highest BCUT2D eigenvalue weighted by molar-refractivity contribution is 5.22. The van der Waals surface area contributed by atoms with E-state index in [-0.39, 0.29) is 0 Å². The molecule has 1 heterocycles. The maximum atomic E-state index is 3.69. The van der Waals surface area contributed by atoms with Crippen LogP contribution in [-0.2, 0) is 6.42 Å². The third-order valence-corrected chi connectivity index (χ3v) is 4.55. The average Bonchev–Trinajstić information content (AvgIpc) is 2.40. The number of piperazine rings is 1. The van der Waals surface area contributed by atoms with Crippen LogP contribution in [0.5, 0.6) is 0 Å². The SMILES string of the molecule is CCC1(C)CN(CCc2cccc(C)c2)C(C)CN1. The van der Waals surface area contributed by atoms with E-state index in [1.54, 1.807) is 0 Å². The van der Waals surface area contributed by atoms with Gasteiger partial charge in [-0.15, -0.1) is 0 Å². The molecule has 19 heavy (non-hydrogen) atoms. The Bertz CT molecular complexity index is 415. The van der Waals surface area contributed by atoms with Crippen molar-refractivity contribution < 1.29 is 0 Å². The van der Waals surface area contributed by atoms with Crippen LogP contribution in [-0.4, -0.2) is 36.1 Å². The van der Waals surface area contributed by atoms with Gasteiger partial charge in [-0.1, -0.05) is 36.8 Å². The van der Waals surface area contributed by atoms with E-state index >= 15 is 0 Å². The Balaban J connectivity index is 1.94. The number of rotatable bonds is 4. The predicted octanol–water partition coefficient (Wildman–Crippen LogP) is 3.00. The van der Waals surface area contributed by atoms with E-state index in [0.29, 0.717) is 11.6 Å². The quantitative estimate of drug-likeness (QED) is 0.895. The summed E-state index contributed by atoms with van der Waals surface area (Å²) >= 11 is 0. The molecular weight excluding hydrogens is 232 g/mol. The maximum Gasteiger partial charge on any atom is 0.0278 e. The Morgan fingerprint density at radius 1 is 1.42 bits per heavy atom. The van der Waals surface area contributed by atoms with E-state index in [1.807, 2.05) is 0 Å². The van der Waals surface area contributed by atoms with Gasteiger partial charge in [-0.2, -0.15) is 0 Å². The van der Waals surface area contributed by atoms with Gasteiger partial charge in [0.15, 0.2) is 0 Å². The summed E-state index contributed by atoms with van der Waals surface area (Å²) in [6, 6.07) is 9.54. The Morgan fingerprint density at radius 2 is 2.21 bits per heavy atom. The molecule has 1 aromatic rings. The van der Waals surface area contributed by atoms with Gasteiger partial charge in [0.1, 0.15) is 0 Å². The van der Waals surface area contributed by atoms with E-state index in [2.05, 4.69) is 62.2 Å². The summed E-state index contributed by atoms with van der Waals surface area (Å²) in [4.78, 5) is 2.64. The summed E-state index contributed by atoms with van der Waals surface area (Å²) in [5.41, 5.74) is 3.12. The average molecular weight is 260 g/mol. The monoisotopic (exact) mass is 260 g/mol. The summed E-state index contributed by atoms with van der Waals surface area (Å²) < 4.78 is 0. The summed E-state index contributed by atoms with van der Waals surface area (Å²) in [6.07, 6.45) is 2.35. The summed E-state index contributed by atoms with van der Waals surface area (Å²) in [5.74, 6) is 0. The van der Waals surface area contributed by atoms with Gasteiger partial charge in [-0.25, -0.2) is 0 Å². The van der Waals surface area contributed by atoms with Gasteiger partial charge in [-0.05, 0) is 39.2 Å². The topological polar surface area (TPSA) is 15.3 Å². The Labute approximate surface area is 118 Å². The summed E-state index contributed by atoms with van der Waals surface area (Å²) in [5, 5.41) is 3.69. The molecule has 2 atom stereocenters. The van der Waals surface area contributed by atoms with Crippen LogP contribution in [0, 0.1) is 6.92 Å². The third kappa shape index (κ3) is 3.80. The number of nitrogens with one attached hydrogen (secondary N) is 1. The Kier molecular flexibility index (Phi) is 4.64. The lowest BCUT2D eigenvalue weighted by atomic mass is 9.93. The molecule has 106 valence electrons. The van der Waals surface area contributed by atoms with Crippen LogP contribution in [0.4, 0.5) is 0 Å². The first-order valence-electron chi connectivity index (χ1n) is 7.57. The molecule has 0 radical (unpaired) electrons.